The van der Waals surface area contributed by atoms with Crippen LogP contribution in [0.4, 0.5) is 5.82 Å². The molecule has 7 heteroatoms. The maximum absolute atomic E-state index is 11.8. The molecule has 0 bridgehead atoms. The summed E-state index contributed by atoms with van der Waals surface area (Å²) < 4.78 is 25.9. The first-order valence-electron chi connectivity index (χ1n) is 5.50. The molecule has 1 aromatic rings. The normalized spacial score (nSPS) is 11.8. The fourth-order valence-electron chi connectivity index (χ4n) is 1.30. The van der Waals surface area contributed by atoms with Gasteiger partial charge in [-0.3, -0.25) is 4.72 Å². The van der Waals surface area contributed by atoms with Crippen molar-refractivity contribution in [3.8, 4) is 17.9 Å². The van der Waals surface area contributed by atoms with Crippen LogP contribution >= 0.6 is 0 Å². The quantitative estimate of drug-likeness (QED) is 0.780. The fourth-order valence-corrected chi connectivity index (χ4v) is 2.43. The monoisotopic (exact) mass is 279 g/mol. The molecule has 0 aliphatic heterocycles. The van der Waals surface area contributed by atoms with E-state index in [1.54, 1.807) is 19.1 Å². The minimum atomic E-state index is -3.78. The van der Waals surface area contributed by atoms with E-state index in [2.05, 4.69) is 21.5 Å². The first-order chi connectivity index (χ1) is 9.03. The van der Waals surface area contributed by atoms with Gasteiger partial charge in [0.05, 0.1) is 6.07 Å². The molecule has 0 spiro atoms. The first kappa shape index (κ1) is 15.0. The summed E-state index contributed by atoms with van der Waals surface area (Å²) in [5, 5.41) is 16.2. The molecule has 6 nitrogen and oxygen atoms in total. The molecular formula is C12H13N3O3S. The molecule has 1 atom stereocenters. The fraction of sp³-hybridized carbons (Fsp3) is 0.333. The predicted molar refractivity (Wildman–Crippen MR) is 70.4 cm³/mol. The van der Waals surface area contributed by atoms with Crippen molar-refractivity contribution in [2.24, 2.45) is 0 Å². The van der Waals surface area contributed by atoms with Crippen molar-refractivity contribution in [1.29, 1.82) is 5.26 Å². The highest BCUT2D eigenvalue weighted by Gasteiger charge is 2.23. The number of aliphatic hydroxyl groups excluding tert-OH is 1. The van der Waals surface area contributed by atoms with E-state index in [0.717, 1.165) is 0 Å². The summed E-state index contributed by atoms with van der Waals surface area (Å²) in [7, 11) is -3.78. The Hall–Kier alpha value is -2.09. The van der Waals surface area contributed by atoms with Gasteiger partial charge < -0.3 is 5.11 Å². The van der Waals surface area contributed by atoms with E-state index >= 15 is 0 Å². The Morgan fingerprint density at radius 2 is 2.32 bits per heavy atom. The molecule has 2 N–H and O–H groups in total. The van der Waals surface area contributed by atoms with E-state index in [0.29, 0.717) is 5.56 Å². The summed E-state index contributed by atoms with van der Waals surface area (Å²) in [5.41, 5.74) is 0.520. The predicted octanol–water partition coefficient (Wildman–Crippen LogP) is 0.469. The van der Waals surface area contributed by atoms with E-state index in [1.165, 1.54) is 12.3 Å². The topological polar surface area (TPSA) is 103 Å². The Kier molecular flexibility index (Phi) is 5.31. The molecule has 0 saturated heterocycles. The number of rotatable bonds is 4. The summed E-state index contributed by atoms with van der Waals surface area (Å²) in [6, 6.07) is 4.74. The zero-order chi connectivity index (χ0) is 14.3. The average molecular weight is 279 g/mol. The van der Waals surface area contributed by atoms with Crippen LogP contribution in [0.3, 0.4) is 0 Å². The molecule has 0 fully saturated rings. The van der Waals surface area contributed by atoms with Crippen LogP contribution in [0, 0.1) is 23.2 Å². The summed E-state index contributed by atoms with van der Waals surface area (Å²) >= 11 is 0. The molecule has 1 aromatic heterocycles. The second-order valence-corrected chi connectivity index (χ2v) is 5.43. The molecular weight excluding hydrogens is 266 g/mol. The number of hydrogen-bond donors (Lipinski definition) is 2. The van der Waals surface area contributed by atoms with Crippen molar-refractivity contribution in [1.82, 2.24) is 4.98 Å². The Morgan fingerprint density at radius 1 is 1.58 bits per heavy atom. The molecule has 0 aliphatic carbocycles. The van der Waals surface area contributed by atoms with Gasteiger partial charge in [0.2, 0.25) is 10.0 Å². The molecule has 0 aliphatic rings. The van der Waals surface area contributed by atoms with Crippen LogP contribution in [0.1, 0.15) is 18.9 Å². The van der Waals surface area contributed by atoms with Crippen molar-refractivity contribution in [2.75, 3.05) is 11.3 Å². The molecule has 1 heterocycles. The van der Waals surface area contributed by atoms with Crippen molar-refractivity contribution in [3.05, 3.63) is 23.9 Å². The minimum absolute atomic E-state index is 0.0958. The van der Waals surface area contributed by atoms with Crippen molar-refractivity contribution < 1.29 is 13.5 Å². The van der Waals surface area contributed by atoms with Crippen LogP contribution in [0.5, 0.6) is 0 Å². The number of aliphatic hydroxyl groups is 1. The SMILES string of the molecule is CCC(C#N)S(=O)(=O)Nc1cc(C#CCO)ccn1. The number of pyridine rings is 1. The van der Waals surface area contributed by atoms with Gasteiger partial charge in [0, 0.05) is 11.8 Å². The minimum Gasteiger partial charge on any atom is -0.384 e. The standard InChI is InChI=1S/C12H13N3O3S/c1-2-11(9-13)19(17,18)15-12-8-10(4-3-7-16)5-6-14-12/h5-6,8,11,16H,2,7H2,1H3,(H,14,15). The second kappa shape index (κ2) is 6.74. The highest BCUT2D eigenvalue weighted by Crippen LogP contribution is 2.12. The highest BCUT2D eigenvalue weighted by atomic mass is 32.2. The first-order valence-corrected chi connectivity index (χ1v) is 7.05. The van der Waals surface area contributed by atoms with Gasteiger partial charge in [-0.1, -0.05) is 18.8 Å². The number of hydrogen-bond acceptors (Lipinski definition) is 5. The number of aromatic nitrogens is 1. The largest absolute Gasteiger partial charge is 0.384 e. The third-order valence-electron chi connectivity index (χ3n) is 2.21. The van der Waals surface area contributed by atoms with Crippen LogP contribution < -0.4 is 4.72 Å². The second-order valence-electron chi connectivity index (χ2n) is 3.56. The zero-order valence-electron chi connectivity index (χ0n) is 10.3. The van der Waals surface area contributed by atoms with Crippen molar-refractivity contribution in [3.63, 3.8) is 0 Å². The maximum atomic E-state index is 11.8. The number of nitrogens with one attached hydrogen (secondary N) is 1. The molecule has 0 aromatic carbocycles. The number of nitriles is 1. The Bertz CT molecular complexity index is 638. The van der Waals surface area contributed by atoms with Gasteiger partial charge >= 0.3 is 0 Å². The Morgan fingerprint density at radius 3 is 2.89 bits per heavy atom. The Labute approximate surface area is 112 Å². The molecule has 0 radical (unpaired) electrons. The van der Waals surface area contributed by atoms with E-state index < -0.39 is 15.3 Å². The summed E-state index contributed by atoms with van der Waals surface area (Å²) in [5.74, 6) is 5.18. The lowest BCUT2D eigenvalue weighted by atomic mass is 10.2. The third-order valence-corrected chi connectivity index (χ3v) is 3.89. The van der Waals surface area contributed by atoms with Gasteiger partial charge in [-0.15, -0.1) is 0 Å². The van der Waals surface area contributed by atoms with Gasteiger partial charge in [0.1, 0.15) is 12.4 Å². The van der Waals surface area contributed by atoms with Crippen molar-refractivity contribution in [2.45, 2.75) is 18.6 Å². The Balaban J connectivity index is 2.98. The summed E-state index contributed by atoms with van der Waals surface area (Å²) in [4.78, 5) is 3.85. The smallest absolute Gasteiger partial charge is 0.250 e. The van der Waals surface area contributed by atoms with Gasteiger partial charge in [-0.25, -0.2) is 13.4 Å². The van der Waals surface area contributed by atoms with Gasteiger partial charge in [-0.05, 0) is 18.6 Å². The van der Waals surface area contributed by atoms with Crippen LogP contribution in [-0.2, 0) is 10.0 Å². The van der Waals surface area contributed by atoms with Crippen LogP contribution in [-0.4, -0.2) is 30.4 Å². The number of nitrogens with zero attached hydrogens (tertiary/aromatic N) is 2. The van der Waals surface area contributed by atoms with E-state index in [1.807, 2.05) is 0 Å². The molecule has 1 unspecified atom stereocenters. The van der Waals surface area contributed by atoms with Gasteiger partial charge in [0.15, 0.2) is 5.25 Å². The molecule has 1 rings (SSSR count). The highest BCUT2D eigenvalue weighted by molar-refractivity contribution is 7.93. The number of sulfonamides is 1. The average Bonchev–Trinajstić information content (AvgIpc) is 2.37. The van der Waals surface area contributed by atoms with Gasteiger partial charge in [-0.2, -0.15) is 5.26 Å². The molecule has 0 amide bonds. The molecule has 100 valence electrons. The van der Waals surface area contributed by atoms with E-state index in [9.17, 15) is 8.42 Å². The summed E-state index contributed by atoms with van der Waals surface area (Å²) in [6.45, 7) is 1.33. The lowest BCUT2D eigenvalue weighted by Gasteiger charge is -2.10. The lowest BCUT2D eigenvalue weighted by Crippen LogP contribution is -2.26. The third kappa shape index (κ3) is 4.25. The summed E-state index contributed by atoms with van der Waals surface area (Å²) in [6.07, 6.45) is 1.59. The number of anilines is 1. The van der Waals surface area contributed by atoms with Gasteiger partial charge in [0.25, 0.3) is 0 Å². The van der Waals surface area contributed by atoms with Crippen LogP contribution in [0.2, 0.25) is 0 Å². The van der Waals surface area contributed by atoms with Crippen molar-refractivity contribution >= 4 is 15.8 Å². The van der Waals surface area contributed by atoms with Crippen LogP contribution in [0.25, 0.3) is 0 Å². The van der Waals surface area contributed by atoms with E-state index in [-0.39, 0.29) is 18.8 Å². The molecule has 19 heavy (non-hydrogen) atoms. The maximum Gasteiger partial charge on any atom is 0.250 e. The van der Waals surface area contributed by atoms with Crippen LogP contribution in [0.15, 0.2) is 18.3 Å². The zero-order valence-corrected chi connectivity index (χ0v) is 11.1. The molecule has 0 saturated carbocycles. The van der Waals surface area contributed by atoms with E-state index in [4.69, 9.17) is 10.4 Å². The lowest BCUT2D eigenvalue weighted by molar-refractivity contribution is 0.350.